The van der Waals surface area contributed by atoms with Gasteiger partial charge in [0.2, 0.25) is 0 Å². The van der Waals surface area contributed by atoms with E-state index in [2.05, 4.69) is 26.5 Å². The van der Waals surface area contributed by atoms with E-state index in [0.717, 1.165) is 0 Å². The fraction of sp³-hybridized carbons (Fsp3) is 0.0769. The number of aliphatic hydroxyl groups is 1. The van der Waals surface area contributed by atoms with Crippen molar-refractivity contribution < 1.29 is 13.5 Å². The van der Waals surface area contributed by atoms with Crippen LogP contribution in [0.3, 0.4) is 0 Å². The minimum atomic E-state index is -3.74. The number of anilines is 1. The van der Waals surface area contributed by atoms with E-state index in [1.54, 1.807) is 12.1 Å². The molecule has 0 spiro atoms. The van der Waals surface area contributed by atoms with Gasteiger partial charge in [0.05, 0.1) is 11.1 Å². The van der Waals surface area contributed by atoms with E-state index >= 15 is 0 Å². The van der Waals surface area contributed by atoms with Crippen molar-refractivity contribution in [1.82, 2.24) is 9.97 Å². The van der Waals surface area contributed by atoms with Gasteiger partial charge in [-0.15, -0.1) is 0 Å². The highest BCUT2D eigenvalue weighted by atomic mass is 32.2. The number of hydrogen-bond donors (Lipinski definition) is 2. The zero-order valence-corrected chi connectivity index (χ0v) is 11.1. The molecule has 1 heterocycles. The van der Waals surface area contributed by atoms with Crippen molar-refractivity contribution in [1.29, 1.82) is 0 Å². The Morgan fingerprint density at radius 1 is 1.30 bits per heavy atom. The molecule has 0 bridgehead atoms. The van der Waals surface area contributed by atoms with Crippen LogP contribution in [0.1, 0.15) is 5.56 Å². The SMILES string of the molecule is O=S(=O)(Nc1cnccn1)c1cccc(C#CCO)c1. The lowest BCUT2D eigenvalue weighted by atomic mass is 10.2. The Bertz CT molecular complexity index is 749. The molecular weight excluding hydrogens is 278 g/mol. The highest BCUT2D eigenvalue weighted by Gasteiger charge is 2.14. The van der Waals surface area contributed by atoms with Crippen molar-refractivity contribution in [2.75, 3.05) is 11.3 Å². The third-order valence-electron chi connectivity index (χ3n) is 2.26. The number of aliphatic hydroxyl groups excluding tert-OH is 1. The average molecular weight is 289 g/mol. The molecule has 102 valence electrons. The normalized spacial score (nSPS) is 10.4. The molecule has 0 atom stereocenters. The van der Waals surface area contributed by atoms with Gasteiger partial charge in [-0.2, -0.15) is 0 Å². The molecule has 0 fully saturated rings. The van der Waals surface area contributed by atoms with Crippen molar-refractivity contribution in [2.24, 2.45) is 0 Å². The molecule has 0 saturated heterocycles. The summed E-state index contributed by atoms with van der Waals surface area (Å²) in [6.07, 6.45) is 4.15. The third-order valence-corrected chi connectivity index (χ3v) is 3.61. The second-order valence-corrected chi connectivity index (χ2v) is 5.37. The Labute approximate surface area is 116 Å². The number of hydrogen-bond acceptors (Lipinski definition) is 5. The molecule has 1 aromatic heterocycles. The monoisotopic (exact) mass is 289 g/mol. The number of benzene rings is 1. The van der Waals surface area contributed by atoms with Gasteiger partial charge in [-0.1, -0.05) is 17.9 Å². The van der Waals surface area contributed by atoms with Crippen LogP contribution in [0.15, 0.2) is 47.8 Å². The van der Waals surface area contributed by atoms with Crippen LogP contribution in [0.4, 0.5) is 5.82 Å². The topological polar surface area (TPSA) is 92.2 Å². The summed E-state index contributed by atoms with van der Waals surface area (Å²) in [4.78, 5) is 7.69. The maximum atomic E-state index is 12.2. The smallest absolute Gasteiger partial charge is 0.263 e. The summed E-state index contributed by atoms with van der Waals surface area (Å²) in [7, 11) is -3.74. The summed E-state index contributed by atoms with van der Waals surface area (Å²) in [6.45, 7) is -0.283. The number of nitrogens with one attached hydrogen (secondary N) is 1. The van der Waals surface area contributed by atoms with Gasteiger partial charge in [0, 0.05) is 18.0 Å². The molecule has 0 saturated carbocycles. The Hall–Kier alpha value is -2.43. The predicted molar refractivity (Wildman–Crippen MR) is 73.2 cm³/mol. The maximum absolute atomic E-state index is 12.2. The van der Waals surface area contributed by atoms with Crippen LogP contribution in [0.2, 0.25) is 0 Å². The molecule has 2 rings (SSSR count). The molecular formula is C13H11N3O3S. The zero-order valence-electron chi connectivity index (χ0n) is 10.3. The van der Waals surface area contributed by atoms with Gasteiger partial charge < -0.3 is 5.11 Å². The second-order valence-electron chi connectivity index (χ2n) is 3.68. The highest BCUT2D eigenvalue weighted by Crippen LogP contribution is 2.14. The fourth-order valence-corrected chi connectivity index (χ4v) is 2.47. The lowest BCUT2D eigenvalue weighted by molar-refractivity contribution is 0.350. The lowest BCUT2D eigenvalue weighted by Crippen LogP contribution is -2.14. The van der Waals surface area contributed by atoms with Crippen LogP contribution < -0.4 is 4.72 Å². The largest absolute Gasteiger partial charge is 0.384 e. The van der Waals surface area contributed by atoms with Gasteiger partial charge in [0.15, 0.2) is 5.82 Å². The first kappa shape index (κ1) is 14.0. The summed E-state index contributed by atoms with van der Waals surface area (Å²) in [5.41, 5.74) is 0.501. The maximum Gasteiger partial charge on any atom is 0.263 e. The molecule has 0 radical (unpaired) electrons. The Kier molecular flexibility index (Phi) is 4.30. The van der Waals surface area contributed by atoms with E-state index in [1.165, 1.54) is 30.7 Å². The zero-order chi connectivity index (χ0) is 14.4. The number of nitrogens with zero attached hydrogens (tertiary/aromatic N) is 2. The minimum absolute atomic E-state index is 0.0629. The van der Waals surface area contributed by atoms with Crippen molar-refractivity contribution in [3.8, 4) is 11.8 Å². The summed E-state index contributed by atoms with van der Waals surface area (Å²) < 4.78 is 26.6. The number of aromatic nitrogens is 2. The Balaban J connectivity index is 2.30. The van der Waals surface area contributed by atoms with E-state index in [1.807, 2.05) is 0 Å². The molecule has 2 N–H and O–H groups in total. The first-order valence-corrected chi connectivity index (χ1v) is 7.09. The van der Waals surface area contributed by atoms with E-state index in [4.69, 9.17) is 5.11 Å². The van der Waals surface area contributed by atoms with Crippen molar-refractivity contribution >= 4 is 15.8 Å². The summed E-state index contributed by atoms with van der Waals surface area (Å²) in [5.74, 6) is 5.25. The lowest BCUT2D eigenvalue weighted by Gasteiger charge is -2.06. The van der Waals surface area contributed by atoms with Gasteiger partial charge in [0.25, 0.3) is 10.0 Å². The van der Waals surface area contributed by atoms with Crippen LogP contribution >= 0.6 is 0 Å². The van der Waals surface area contributed by atoms with Crippen LogP contribution in [-0.4, -0.2) is 30.1 Å². The molecule has 0 aliphatic carbocycles. The van der Waals surface area contributed by atoms with Crippen LogP contribution in [0.5, 0.6) is 0 Å². The second kappa shape index (κ2) is 6.14. The highest BCUT2D eigenvalue weighted by molar-refractivity contribution is 7.92. The first-order chi connectivity index (χ1) is 9.62. The quantitative estimate of drug-likeness (QED) is 0.808. The molecule has 1 aromatic carbocycles. The minimum Gasteiger partial charge on any atom is -0.384 e. The standard InChI is InChI=1S/C13H11N3O3S/c17-8-2-4-11-3-1-5-12(9-11)20(18,19)16-13-10-14-6-7-15-13/h1,3,5-7,9-10,17H,8H2,(H,15,16). The average Bonchev–Trinajstić information content (AvgIpc) is 2.46. The van der Waals surface area contributed by atoms with E-state index in [9.17, 15) is 8.42 Å². The van der Waals surface area contributed by atoms with Crippen LogP contribution in [0, 0.1) is 11.8 Å². The molecule has 0 amide bonds. The first-order valence-electron chi connectivity index (χ1n) is 5.60. The molecule has 2 aromatic rings. The predicted octanol–water partition coefficient (Wildman–Crippen LogP) is 0.621. The van der Waals surface area contributed by atoms with Gasteiger partial charge in [-0.3, -0.25) is 9.71 Å². The van der Waals surface area contributed by atoms with Crippen molar-refractivity contribution in [3.63, 3.8) is 0 Å². The van der Waals surface area contributed by atoms with Gasteiger partial charge in [-0.05, 0) is 18.2 Å². The van der Waals surface area contributed by atoms with Gasteiger partial charge >= 0.3 is 0 Å². The summed E-state index contributed by atoms with van der Waals surface area (Å²) in [5, 5.41) is 8.63. The van der Waals surface area contributed by atoms with Crippen LogP contribution in [0.25, 0.3) is 0 Å². The van der Waals surface area contributed by atoms with Crippen LogP contribution in [-0.2, 0) is 10.0 Å². The third kappa shape index (κ3) is 3.54. The van der Waals surface area contributed by atoms with E-state index in [-0.39, 0.29) is 17.3 Å². The van der Waals surface area contributed by atoms with E-state index < -0.39 is 10.0 Å². The number of rotatable bonds is 3. The van der Waals surface area contributed by atoms with Crippen molar-refractivity contribution in [2.45, 2.75) is 4.90 Å². The molecule has 0 unspecified atom stereocenters. The molecule has 0 aliphatic heterocycles. The molecule has 7 heteroatoms. The van der Waals surface area contributed by atoms with Gasteiger partial charge in [-0.25, -0.2) is 13.4 Å². The fourth-order valence-electron chi connectivity index (χ4n) is 1.43. The molecule has 6 nitrogen and oxygen atoms in total. The molecule has 20 heavy (non-hydrogen) atoms. The summed E-state index contributed by atoms with van der Waals surface area (Å²) >= 11 is 0. The Morgan fingerprint density at radius 3 is 2.85 bits per heavy atom. The number of sulfonamides is 1. The van der Waals surface area contributed by atoms with Crippen molar-refractivity contribution in [3.05, 3.63) is 48.4 Å². The summed E-state index contributed by atoms with van der Waals surface area (Å²) in [6, 6.07) is 6.10. The van der Waals surface area contributed by atoms with Gasteiger partial charge in [0.1, 0.15) is 6.61 Å². The Morgan fingerprint density at radius 2 is 2.15 bits per heavy atom. The van der Waals surface area contributed by atoms with E-state index in [0.29, 0.717) is 5.56 Å². The molecule has 0 aliphatic rings.